The first-order valence-corrected chi connectivity index (χ1v) is 11.0. The molecule has 3 fully saturated rings. The van der Waals surface area contributed by atoms with Gasteiger partial charge in [-0.05, 0) is 49.5 Å². The number of rotatable bonds is 8. The summed E-state index contributed by atoms with van der Waals surface area (Å²) in [4.78, 5) is 23.6. The number of nitrogens with two attached hydrogens (primary N) is 2. The Morgan fingerprint density at radius 3 is 2.73 bits per heavy atom. The Morgan fingerprint density at radius 2 is 2.12 bits per heavy atom. The lowest BCUT2D eigenvalue weighted by Gasteiger charge is -2.43. The summed E-state index contributed by atoms with van der Waals surface area (Å²) in [5.41, 5.74) is 8.26. The molecule has 1 amide bonds. The molecule has 0 bridgehead atoms. The molecule has 4 rings (SSSR count). The van der Waals surface area contributed by atoms with Gasteiger partial charge in [0.15, 0.2) is 5.60 Å². The molecule has 11 nitrogen and oxygen atoms in total. The van der Waals surface area contributed by atoms with Crippen LogP contribution in [-0.4, -0.2) is 58.0 Å². The zero-order valence-electron chi connectivity index (χ0n) is 18.7. The lowest BCUT2D eigenvalue weighted by Crippen LogP contribution is -2.60. The van der Waals surface area contributed by atoms with E-state index in [9.17, 15) is 19.8 Å². The number of likely N-dealkylation sites (tertiary alicyclic amines) is 1. The fraction of sp³-hybridized carbons (Fsp3) is 0.591. The number of benzene rings is 1. The maximum absolute atomic E-state index is 11.5. The molecular formula is C22H33N5O6. The highest BCUT2D eigenvalue weighted by atomic mass is 16.8. The molecule has 1 aromatic rings. The second-order valence-electron chi connectivity index (χ2n) is 8.73. The topological polar surface area (TPSA) is 176 Å². The van der Waals surface area contributed by atoms with Crippen LogP contribution < -0.4 is 17.1 Å². The molecule has 1 aliphatic carbocycles. The number of ether oxygens (including phenoxy) is 2. The van der Waals surface area contributed by atoms with Gasteiger partial charge in [0.1, 0.15) is 11.9 Å². The van der Waals surface area contributed by atoms with E-state index in [2.05, 4.69) is 10.6 Å². The van der Waals surface area contributed by atoms with E-state index in [4.69, 9.17) is 21.1 Å². The van der Waals surface area contributed by atoms with Crippen molar-refractivity contribution in [2.45, 2.75) is 62.7 Å². The average Bonchev–Trinajstić information content (AvgIpc) is 3.42. The number of epoxide rings is 1. The molecule has 11 heteroatoms. The second kappa shape index (κ2) is 10.5. The predicted molar refractivity (Wildman–Crippen MR) is 119 cm³/mol. The third-order valence-electron chi connectivity index (χ3n) is 6.80. The molecule has 5 unspecified atom stereocenters. The minimum atomic E-state index is -1.78. The van der Waals surface area contributed by atoms with Crippen molar-refractivity contribution in [3.8, 4) is 0 Å². The number of carboxylic acid groups (broad SMARTS) is 1. The number of methoxy groups -OCH3 is 1. The normalized spacial score (nSPS) is 32.5. The minimum absolute atomic E-state index is 0.107. The van der Waals surface area contributed by atoms with Crippen molar-refractivity contribution in [1.82, 2.24) is 10.4 Å². The predicted octanol–water partition coefficient (Wildman–Crippen LogP) is 0.482. The number of aliphatic carboxylic acids is 1. The molecule has 3 aliphatic rings. The molecule has 33 heavy (non-hydrogen) atoms. The lowest BCUT2D eigenvalue weighted by atomic mass is 9.67. The number of nitrogens with zero attached hydrogens (tertiary/aromatic N) is 2. The van der Waals surface area contributed by atoms with Crippen molar-refractivity contribution in [3.05, 3.63) is 35.9 Å². The van der Waals surface area contributed by atoms with Crippen molar-refractivity contribution in [3.63, 3.8) is 0 Å². The van der Waals surface area contributed by atoms with Crippen LogP contribution in [0.2, 0.25) is 0 Å². The zero-order chi connectivity index (χ0) is 24.1. The van der Waals surface area contributed by atoms with E-state index < -0.39 is 23.5 Å². The van der Waals surface area contributed by atoms with Crippen LogP contribution in [0.3, 0.4) is 0 Å². The van der Waals surface area contributed by atoms with Crippen LogP contribution in [0, 0.1) is 11.8 Å². The molecule has 0 radical (unpaired) electrons. The summed E-state index contributed by atoms with van der Waals surface area (Å²) in [5.74, 6) is 2.81. The number of hydrogen-bond donors (Lipinski definition) is 5. The summed E-state index contributed by atoms with van der Waals surface area (Å²) in [7, 11) is 1.70. The fourth-order valence-corrected chi connectivity index (χ4v) is 5.14. The monoisotopic (exact) mass is 463 g/mol. The van der Waals surface area contributed by atoms with Gasteiger partial charge in [-0.1, -0.05) is 30.3 Å². The van der Waals surface area contributed by atoms with E-state index in [1.807, 2.05) is 30.3 Å². The van der Waals surface area contributed by atoms with Crippen LogP contribution in [0.1, 0.15) is 44.1 Å². The number of carboxylic acids is 1. The maximum atomic E-state index is 11.5. The minimum Gasteiger partial charge on any atom is -0.480 e. The number of carbonyl (C=O) groups is 2. The van der Waals surface area contributed by atoms with Gasteiger partial charge in [0.2, 0.25) is 6.41 Å². The summed E-state index contributed by atoms with van der Waals surface area (Å²) in [6, 6.07) is 9.04. The number of hydrazine groups is 1. The van der Waals surface area contributed by atoms with Crippen LogP contribution in [-0.2, 0) is 25.7 Å². The van der Waals surface area contributed by atoms with E-state index in [0.29, 0.717) is 37.6 Å². The van der Waals surface area contributed by atoms with Crippen LogP contribution in [0.5, 0.6) is 0 Å². The average molecular weight is 464 g/mol. The first kappa shape index (κ1) is 24.9. The van der Waals surface area contributed by atoms with E-state index in [1.54, 1.807) is 7.11 Å². The smallest absolute Gasteiger partial charge is 0.326 e. The van der Waals surface area contributed by atoms with E-state index >= 15 is 0 Å². The first-order chi connectivity index (χ1) is 15.8. The van der Waals surface area contributed by atoms with Crippen LogP contribution in [0.25, 0.3) is 0 Å². The van der Waals surface area contributed by atoms with Crippen molar-refractivity contribution in [2.24, 2.45) is 28.5 Å². The standard InChI is InChI=1S/C14H23N5O5.C8H10O/c15-11(17-18-16)2-1-8-3-4-13-9(5-8)6-10(12(21)22)19(7-20)14(13,23)24-13;1-9-7-8-5-3-2-4-6-8/h7-10,18,23H,1-6,16H2,(H2,15,17)(H,21,22);2-6H,7H2,1H3. The number of piperidine rings is 1. The first-order valence-electron chi connectivity index (χ1n) is 11.0. The molecular weight excluding hydrogens is 430 g/mol. The summed E-state index contributed by atoms with van der Waals surface area (Å²) in [5, 5.41) is 23.7. The van der Waals surface area contributed by atoms with Crippen molar-refractivity contribution in [1.29, 1.82) is 0 Å². The highest BCUT2D eigenvalue weighted by molar-refractivity contribution is 5.80. The maximum Gasteiger partial charge on any atom is 0.326 e. The van der Waals surface area contributed by atoms with Crippen molar-refractivity contribution >= 4 is 18.2 Å². The molecule has 1 aromatic carbocycles. The molecule has 182 valence electrons. The molecule has 1 spiro atoms. The Morgan fingerprint density at radius 1 is 1.39 bits per heavy atom. The summed E-state index contributed by atoms with van der Waals surface area (Å²) < 4.78 is 10.5. The van der Waals surface area contributed by atoms with Gasteiger partial charge in [-0.2, -0.15) is 5.10 Å². The Labute approximate surface area is 192 Å². The number of nitrogens with one attached hydrogen (secondary N) is 1. The third-order valence-corrected chi connectivity index (χ3v) is 6.80. The SMILES string of the molecule is COCc1ccccc1.NN/N=C(\N)CCC1CCC23OC2(O)N(C=O)C(C(=O)O)CC3C1. The quantitative estimate of drug-likeness (QED) is 0.0916. The largest absolute Gasteiger partial charge is 0.480 e. The third kappa shape index (κ3) is 5.11. The number of aliphatic hydroxyl groups is 1. The highest BCUT2D eigenvalue weighted by Crippen LogP contribution is 2.64. The summed E-state index contributed by atoms with van der Waals surface area (Å²) >= 11 is 0. The number of hydrogen-bond acceptors (Lipinski definition) is 8. The van der Waals surface area contributed by atoms with Gasteiger partial charge >= 0.3 is 5.97 Å². The Bertz CT molecular complexity index is 855. The van der Waals surface area contributed by atoms with Gasteiger partial charge in [-0.3, -0.25) is 9.69 Å². The number of carbonyl (C=O) groups excluding carboxylic acids is 1. The van der Waals surface area contributed by atoms with E-state index in [0.717, 1.165) is 24.2 Å². The summed E-state index contributed by atoms with van der Waals surface area (Å²) in [6.07, 6.45) is 4.16. The lowest BCUT2D eigenvalue weighted by molar-refractivity contribution is -0.176. The number of amides is 1. The Balaban J connectivity index is 0.000000286. The molecule has 1 saturated carbocycles. The number of hydrazone groups is 1. The highest BCUT2D eigenvalue weighted by Gasteiger charge is 2.80. The van der Waals surface area contributed by atoms with Gasteiger partial charge < -0.3 is 25.4 Å². The zero-order valence-corrected chi connectivity index (χ0v) is 18.7. The Kier molecular flexibility index (Phi) is 7.90. The van der Waals surface area contributed by atoms with Crippen molar-refractivity contribution < 1.29 is 29.3 Å². The van der Waals surface area contributed by atoms with E-state index in [1.165, 1.54) is 5.56 Å². The van der Waals surface area contributed by atoms with Crippen LogP contribution in [0.15, 0.2) is 35.4 Å². The number of amidine groups is 1. The van der Waals surface area contributed by atoms with Crippen LogP contribution in [0.4, 0.5) is 0 Å². The summed E-state index contributed by atoms with van der Waals surface area (Å²) in [6.45, 7) is 0.709. The van der Waals surface area contributed by atoms with Gasteiger partial charge in [-0.25, -0.2) is 16.2 Å². The van der Waals surface area contributed by atoms with Crippen molar-refractivity contribution in [2.75, 3.05) is 7.11 Å². The molecule has 0 aromatic heterocycles. The van der Waals surface area contributed by atoms with Gasteiger partial charge in [0.05, 0.1) is 6.61 Å². The molecule has 2 heterocycles. The van der Waals surface area contributed by atoms with Gasteiger partial charge in [0, 0.05) is 13.5 Å². The van der Waals surface area contributed by atoms with Crippen LogP contribution >= 0.6 is 0 Å². The second-order valence-corrected chi connectivity index (χ2v) is 8.73. The van der Waals surface area contributed by atoms with E-state index in [-0.39, 0.29) is 12.3 Å². The fourth-order valence-electron chi connectivity index (χ4n) is 5.14. The molecule has 5 atom stereocenters. The molecule has 2 aliphatic heterocycles. The Hall–Kier alpha value is -2.73. The molecule has 2 saturated heterocycles. The molecule has 7 N–H and O–H groups in total. The van der Waals surface area contributed by atoms with Gasteiger partial charge in [0.25, 0.3) is 5.91 Å². The van der Waals surface area contributed by atoms with Gasteiger partial charge in [-0.15, -0.1) is 0 Å².